The maximum Gasteiger partial charge on any atom is 0.321 e. The van der Waals surface area contributed by atoms with Crippen LogP contribution in [-0.2, 0) is 11.3 Å². The second kappa shape index (κ2) is 8.19. The highest BCUT2D eigenvalue weighted by Crippen LogP contribution is 2.19. The summed E-state index contributed by atoms with van der Waals surface area (Å²) in [5, 5.41) is 16.3. The van der Waals surface area contributed by atoms with Crippen LogP contribution in [0.5, 0.6) is 0 Å². The van der Waals surface area contributed by atoms with Crippen LogP contribution in [0.1, 0.15) is 12.5 Å². The minimum atomic E-state index is -0.569. The van der Waals surface area contributed by atoms with E-state index < -0.39 is 17.2 Å². The van der Waals surface area contributed by atoms with Crippen molar-refractivity contribution in [1.82, 2.24) is 10.6 Å². The van der Waals surface area contributed by atoms with Gasteiger partial charge in [0.1, 0.15) is 0 Å². The Labute approximate surface area is 138 Å². The number of rotatable bonds is 5. The van der Waals surface area contributed by atoms with Gasteiger partial charge in [0.15, 0.2) is 6.20 Å². The third-order valence-corrected chi connectivity index (χ3v) is 4.11. The normalized spacial score (nSPS) is 11.5. The predicted molar refractivity (Wildman–Crippen MR) is 87.5 cm³/mol. The highest BCUT2D eigenvalue weighted by Gasteiger charge is 2.20. The Balaban J connectivity index is 1.81. The summed E-state index contributed by atoms with van der Waals surface area (Å²) in [6, 6.07) is 13.8. The molecule has 0 fully saturated rings. The van der Waals surface area contributed by atoms with E-state index in [4.69, 9.17) is 0 Å². The van der Waals surface area contributed by atoms with Gasteiger partial charge in [-0.2, -0.15) is 4.73 Å². The zero-order valence-electron chi connectivity index (χ0n) is 12.6. The summed E-state index contributed by atoms with van der Waals surface area (Å²) >= 11 is 1.09. The summed E-state index contributed by atoms with van der Waals surface area (Å²) in [4.78, 5) is 23.7. The first-order valence-corrected chi connectivity index (χ1v) is 7.91. The number of carbonyl (C=O) groups excluding carboxylic acids is 2. The molecule has 0 aliphatic carbocycles. The molecule has 7 heteroatoms. The third-order valence-electron chi connectivity index (χ3n) is 2.99. The van der Waals surface area contributed by atoms with E-state index in [1.54, 1.807) is 25.1 Å². The summed E-state index contributed by atoms with van der Waals surface area (Å²) in [6.07, 6.45) is 1.36. The number of benzene rings is 1. The first-order chi connectivity index (χ1) is 11.1. The second-order valence-corrected chi connectivity index (χ2v) is 6.14. The van der Waals surface area contributed by atoms with Crippen LogP contribution < -0.4 is 15.4 Å². The van der Waals surface area contributed by atoms with E-state index in [-0.39, 0.29) is 0 Å². The lowest BCUT2D eigenvalue weighted by Crippen LogP contribution is -2.42. The lowest BCUT2D eigenvalue weighted by atomic mass is 10.2. The van der Waals surface area contributed by atoms with Crippen LogP contribution in [0.25, 0.3) is 0 Å². The van der Waals surface area contributed by atoms with E-state index in [0.29, 0.717) is 16.3 Å². The van der Waals surface area contributed by atoms with Gasteiger partial charge in [0.25, 0.3) is 5.03 Å². The van der Waals surface area contributed by atoms with E-state index in [1.807, 2.05) is 30.3 Å². The molecule has 2 aromatic rings. The van der Waals surface area contributed by atoms with Crippen LogP contribution in [0.4, 0.5) is 4.79 Å². The highest BCUT2D eigenvalue weighted by atomic mass is 32.2. The molecule has 6 nitrogen and oxygen atoms in total. The van der Waals surface area contributed by atoms with Gasteiger partial charge in [0, 0.05) is 18.7 Å². The molecule has 0 spiro atoms. The Morgan fingerprint density at radius 1 is 1.17 bits per heavy atom. The third kappa shape index (κ3) is 5.30. The molecule has 0 saturated heterocycles. The molecular formula is C16H17N3O3S. The van der Waals surface area contributed by atoms with Crippen molar-refractivity contribution >= 4 is 23.7 Å². The highest BCUT2D eigenvalue weighted by molar-refractivity contribution is 8.00. The fourth-order valence-corrected chi connectivity index (χ4v) is 2.62. The van der Waals surface area contributed by atoms with Crippen molar-refractivity contribution in [1.29, 1.82) is 0 Å². The Hall–Kier alpha value is -2.54. The molecular weight excluding hydrogens is 314 g/mol. The molecule has 3 amide bonds. The molecule has 120 valence electrons. The fraction of sp³-hybridized carbons (Fsp3) is 0.188. The van der Waals surface area contributed by atoms with Gasteiger partial charge < -0.3 is 10.5 Å². The molecule has 1 heterocycles. The fourth-order valence-electron chi connectivity index (χ4n) is 1.77. The largest absolute Gasteiger partial charge is 0.618 e. The second-order valence-electron chi connectivity index (χ2n) is 4.78. The van der Waals surface area contributed by atoms with Crippen LogP contribution in [0.2, 0.25) is 0 Å². The van der Waals surface area contributed by atoms with Gasteiger partial charge in [-0.05, 0) is 30.3 Å². The lowest BCUT2D eigenvalue weighted by molar-refractivity contribution is -0.645. The minimum absolute atomic E-state index is 0.334. The van der Waals surface area contributed by atoms with E-state index >= 15 is 0 Å². The number of nitrogens with zero attached hydrogens (tertiary/aromatic N) is 1. The molecule has 0 aliphatic rings. The van der Waals surface area contributed by atoms with E-state index in [9.17, 15) is 14.8 Å². The van der Waals surface area contributed by atoms with Gasteiger partial charge in [0.05, 0.1) is 5.25 Å². The average molecular weight is 331 g/mol. The molecule has 23 heavy (non-hydrogen) atoms. The van der Waals surface area contributed by atoms with Gasteiger partial charge in [-0.15, -0.1) is 0 Å². The Kier molecular flexibility index (Phi) is 5.99. The number of hydrogen-bond donors (Lipinski definition) is 2. The van der Waals surface area contributed by atoms with Gasteiger partial charge >= 0.3 is 6.03 Å². The maximum absolute atomic E-state index is 12.0. The maximum atomic E-state index is 12.0. The molecule has 1 aromatic heterocycles. The molecule has 1 aromatic carbocycles. The smallest absolute Gasteiger partial charge is 0.321 e. The first kappa shape index (κ1) is 16.8. The molecule has 2 N–H and O–H groups in total. The molecule has 0 saturated carbocycles. The SMILES string of the molecule is CC(Sc1cccc[n+]1[O-])C(=O)NC(=O)NCc1ccccc1. The van der Waals surface area contributed by atoms with Crippen molar-refractivity contribution in [2.75, 3.05) is 0 Å². The van der Waals surface area contributed by atoms with Crippen LogP contribution in [-0.4, -0.2) is 17.2 Å². The first-order valence-electron chi connectivity index (χ1n) is 7.03. The van der Waals surface area contributed by atoms with Crippen LogP contribution in [0.15, 0.2) is 59.8 Å². The predicted octanol–water partition coefficient (Wildman–Crippen LogP) is 1.83. The Bertz CT molecular complexity index is 679. The van der Waals surface area contributed by atoms with Crippen molar-refractivity contribution in [3.8, 4) is 0 Å². The number of imide groups is 1. The number of nitrogens with one attached hydrogen (secondary N) is 2. The van der Waals surface area contributed by atoms with Crippen LogP contribution in [0, 0.1) is 5.21 Å². The quantitative estimate of drug-likeness (QED) is 0.497. The Morgan fingerprint density at radius 2 is 1.87 bits per heavy atom. The number of aromatic nitrogens is 1. The average Bonchev–Trinajstić information content (AvgIpc) is 2.56. The van der Waals surface area contributed by atoms with Gasteiger partial charge in [-0.1, -0.05) is 30.3 Å². The number of thioether (sulfide) groups is 1. The number of carbonyl (C=O) groups is 2. The van der Waals surface area contributed by atoms with Crippen molar-refractivity contribution in [3.63, 3.8) is 0 Å². The van der Waals surface area contributed by atoms with Crippen molar-refractivity contribution in [2.45, 2.75) is 23.7 Å². The topological polar surface area (TPSA) is 85.1 Å². The number of amides is 3. The summed E-state index contributed by atoms with van der Waals surface area (Å²) in [7, 11) is 0. The molecule has 1 atom stereocenters. The van der Waals surface area contributed by atoms with E-state index in [0.717, 1.165) is 17.3 Å². The van der Waals surface area contributed by atoms with Crippen molar-refractivity contribution in [3.05, 3.63) is 65.5 Å². The van der Waals surface area contributed by atoms with Crippen molar-refractivity contribution in [2.24, 2.45) is 0 Å². The van der Waals surface area contributed by atoms with E-state index in [1.165, 1.54) is 6.20 Å². The van der Waals surface area contributed by atoms with Crippen LogP contribution in [0.3, 0.4) is 0 Å². The number of pyridine rings is 1. The monoisotopic (exact) mass is 331 g/mol. The van der Waals surface area contributed by atoms with Gasteiger partial charge in [0.2, 0.25) is 5.91 Å². The van der Waals surface area contributed by atoms with Gasteiger partial charge in [-0.25, -0.2) is 4.79 Å². The summed E-state index contributed by atoms with van der Waals surface area (Å²) in [5.41, 5.74) is 0.939. The zero-order chi connectivity index (χ0) is 16.7. The zero-order valence-corrected chi connectivity index (χ0v) is 13.4. The molecule has 1 unspecified atom stereocenters. The molecule has 2 rings (SSSR count). The molecule has 0 bridgehead atoms. The van der Waals surface area contributed by atoms with Crippen molar-refractivity contribution < 1.29 is 14.3 Å². The van der Waals surface area contributed by atoms with E-state index in [2.05, 4.69) is 10.6 Å². The summed E-state index contributed by atoms with van der Waals surface area (Å²) in [6.45, 7) is 1.97. The minimum Gasteiger partial charge on any atom is -0.618 e. The summed E-state index contributed by atoms with van der Waals surface area (Å²) in [5.74, 6) is -0.454. The number of hydrogen-bond acceptors (Lipinski definition) is 4. The summed E-state index contributed by atoms with van der Waals surface area (Å²) < 4.78 is 0.684. The van der Waals surface area contributed by atoms with Gasteiger partial charge in [-0.3, -0.25) is 10.1 Å². The lowest BCUT2D eigenvalue weighted by Gasteiger charge is -2.11. The molecule has 0 aliphatic heterocycles. The standard InChI is InChI=1S/C16H17N3O3S/c1-12(23-14-9-5-6-10-19(14)22)15(20)18-16(21)17-11-13-7-3-2-4-8-13/h2-10,12H,11H2,1H3,(H2,17,18,20,21). The number of urea groups is 1. The molecule has 0 radical (unpaired) electrons. The Morgan fingerprint density at radius 3 is 2.57 bits per heavy atom. The van der Waals surface area contributed by atoms with Crippen LogP contribution >= 0.6 is 11.8 Å².